The topological polar surface area (TPSA) is 34.2 Å². The van der Waals surface area contributed by atoms with Gasteiger partial charge in [-0.3, -0.25) is 4.98 Å². The van der Waals surface area contributed by atoms with Crippen LogP contribution in [0.2, 0.25) is 5.02 Å². The highest BCUT2D eigenvalue weighted by atomic mass is 35.5. The van der Waals surface area contributed by atoms with Crippen molar-refractivity contribution in [1.82, 2.24) is 10.3 Å². The molecular formula is C16H19ClN2O. The quantitative estimate of drug-likeness (QED) is 0.878. The zero-order valence-corrected chi connectivity index (χ0v) is 12.5. The average molecular weight is 291 g/mol. The molecule has 0 aliphatic carbocycles. The minimum absolute atomic E-state index is 0.0197. The SMILES string of the molecule is CCCNC(c1cncc(OC)c1)c1ccccc1Cl. The molecule has 1 aromatic heterocycles. The van der Waals surface area contributed by atoms with Crippen molar-refractivity contribution in [3.05, 3.63) is 58.9 Å². The molecule has 3 nitrogen and oxygen atoms in total. The Labute approximate surface area is 124 Å². The van der Waals surface area contributed by atoms with Crippen molar-refractivity contribution >= 4 is 11.6 Å². The lowest BCUT2D eigenvalue weighted by molar-refractivity contribution is 0.411. The summed E-state index contributed by atoms with van der Waals surface area (Å²) in [7, 11) is 1.64. The van der Waals surface area contributed by atoms with Gasteiger partial charge in [0.05, 0.1) is 19.3 Å². The van der Waals surface area contributed by atoms with Crippen molar-refractivity contribution in [3.63, 3.8) is 0 Å². The van der Waals surface area contributed by atoms with E-state index in [9.17, 15) is 0 Å². The summed E-state index contributed by atoms with van der Waals surface area (Å²) in [6.45, 7) is 3.05. The normalized spacial score (nSPS) is 12.2. The Balaban J connectivity index is 2.38. The Morgan fingerprint density at radius 1 is 1.30 bits per heavy atom. The number of halogens is 1. The van der Waals surface area contributed by atoms with E-state index in [2.05, 4.69) is 17.2 Å². The fourth-order valence-electron chi connectivity index (χ4n) is 2.11. The Morgan fingerprint density at radius 3 is 2.80 bits per heavy atom. The lowest BCUT2D eigenvalue weighted by atomic mass is 10.00. The van der Waals surface area contributed by atoms with Crippen LogP contribution in [-0.4, -0.2) is 18.6 Å². The molecule has 2 rings (SSSR count). The van der Waals surface area contributed by atoms with Gasteiger partial charge in [0.25, 0.3) is 0 Å². The minimum atomic E-state index is 0.0197. The van der Waals surface area contributed by atoms with E-state index in [1.165, 1.54) is 0 Å². The van der Waals surface area contributed by atoms with Crippen LogP contribution >= 0.6 is 11.6 Å². The highest BCUT2D eigenvalue weighted by Crippen LogP contribution is 2.29. The number of benzene rings is 1. The molecular weight excluding hydrogens is 272 g/mol. The van der Waals surface area contributed by atoms with Crippen LogP contribution in [0, 0.1) is 0 Å². The van der Waals surface area contributed by atoms with Crippen molar-refractivity contribution in [2.24, 2.45) is 0 Å². The number of hydrogen-bond acceptors (Lipinski definition) is 3. The van der Waals surface area contributed by atoms with Crippen molar-refractivity contribution in [2.45, 2.75) is 19.4 Å². The van der Waals surface area contributed by atoms with Crippen LogP contribution in [0.5, 0.6) is 5.75 Å². The maximum Gasteiger partial charge on any atom is 0.137 e. The van der Waals surface area contributed by atoms with E-state index in [4.69, 9.17) is 16.3 Å². The average Bonchev–Trinajstić information content (AvgIpc) is 2.49. The minimum Gasteiger partial charge on any atom is -0.495 e. The Kier molecular flexibility index (Phi) is 5.39. The molecule has 0 bridgehead atoms. The van der Waals surface area contributed by atoms with Crippen LogP contribution in [0.25, 0.3) is 0 Å². The van der Waals surface area contributed by atoms with Crippen LogP contribution in [-0.2, 0) is 0 Å². The molecule has 1 aromatic carbocycles. The number of ether oxygens (including phenoxy) is 1. The first-order valence-corrected chi connectivity index (χ1v) is 7.10. The summed E-state index contributed by atoms with van der Waals surface area (Å²) in [5.74, 6) is 0.748. The van der Waals surface area contributed by atoms with Crippen LogP contribution < -0.4 is 10.1 Å². The van der Waals surface area contributed by atoms with Crippen molar-refractivity contribution in [3.8, 4) is 5.75 Å². The lowest BCUT2D eigenvalue weighted by Crippen LogP contribution is -2.23. The fraction of sp³-hybridized carbons (Fsp3) is 0.312. The predicted octanol–water partition coefficient (Wildman–Crippen LogP) is 3.83. The highest BCUT2D eigenvalue weighted by Gasteiger charge is 2.16. The number of methoxy groups -OCH3 is 1. The first-order chi connectivity index (χ1) is 9.76. The van der Waals surface area contributed by atoms with Gasteiger partial charge in [-0.1, -0.05) is 36.7 Å². The summed E-state index contributed by atoms with van der Waals surface area (Å²) in [4.78, 5) is 4.23. The molecule has 1 atom stereocenters. The molecule has 0 fully saturated rings. The van der Waals surface area contributed by atoms with E-state index in [0.29, 0.717) is 0 Å². The van der Waals surface area contributed by atoms with Gasteiger partial charge >= 0.3 is 0 Å². The summed E-state index contributed by atoms with van der Waals surface area (Å²) in [6, 6.07) is 9.89. The van der Waals surface area contributed by atoms with Gasteiger partial charge in [-0.25, -0.2) is 0 Å². The van der Waals surface area contributed by atoms with Crippen molar-refractivity contribution < 1.29 is 4.74 Å². The predicted molar refractivity (Wildman–Crippen MR) is 82.4 cm³/mol. The van der Waals surface area contributed by atoms with Crippen molar-refractivity contribution in [2.75, 3.05) is 13.7 Å². The van der Waals surface area contributed by atoms with Crippen LogP contribution in [0.4, 0.5) is 0 Å². The number of hydrogen-bond donors (Lipinski definition) is 1. The summed E-state index contributed by atoms with van der Waals surface area (Å²) in [6.07, 6.45) is 4.60. The molecule has 0 aliphatic rings. The lowest BCUT2D eigenvalue weighted by Gasteiger charge is -2.20. The van der Waals surface area contributed by atoms with Crippen LogP contribution in [0.15, 0.2) is 42.7 Å². The molecule has 0 saturated heterocycles. The molecule has 0 aliphatic heterocycles. The maximum atomic E-state index is 6.33. The second kappa shape index (κ2) is 7.27. The summed E-state index contributed by atoms with van der Waals surface area (Å²) in [5, 5.41) is 4.27. The van der Waals surface area contributed by atoms with Gasteiger partial charge in [-0.05, 0) is 36.2 Å². The number of aromatic nitrogens is 1. The third-order valence-corrected chi connectivity index (χ3v) is 3.46. The largest absolute Gasteiger partial charge is 0.495 e. The third kappa shape index (κ3) is 3.50. The van der Waals surface area contributed by atoms with Crippen LogP contribution in [0.1, 0.15) is 30.5 Å². The summed E-state index contributed by atoms with van der Waals surface area (Å²) >= 11 is 6.33. The molecule has 0 spiro atoms. The van der Waals surface area contributed by atoms with Gasteiger partial charge in [0.15, 0.2) is 0 Å². The number of pyridine rings is 1. The maximum absolute atomic E-state index is 6.33. The standard InChI is InChI=1S/C16H19ClN2O/c1-3-8-19-16(14-6-4-5-7-15(14)17)12-9-13(20-2)11-18-10-12/h4-7,9-11,16,19H,3,8H2,1-2H3. The fourth-order valence-corrected chi connectivity index (χ4v) is 2.36. The van der Waals surface area contributed by atoms with Gasteiger partial charge in [0.1, 0.15) is 5.75 Å². The molecule has 0 amide bonds. The van der Waals surface area contributed by atoms with Gasteiger partial charge in [0.2, 0.25) is 0 Å². The smallest absolute Gasteiger partial charge is 0.137 e. The summed E-state index contributed by atoms with van der Waals surface area (Å²) < 4.78 is 5.25. The number of nitrogens with one attached hydrogen (secondary N) is 1. The molecule has 20 heavy (non-hydrogen) atoms. The second-order valence-corrected chi connectivity index (χ2v) is 4.97. The monoisotopic (exact) mass is 290 g/mol. The van der Waals surface area contributed by atoms with Crippen molar-refractivity contribution in [1.29, 1.82) is 0 Å². The van der Waals surface area contributed by atoms with E-state index in [1.807, 2.05) is 36.5 Å². The van der Waals surface area contributed by atoms with E-state index in [1.54, 1.807) is 13.3 Å². The van der Waals surface area contributed by atoms with Gasteiger partial charge in [-0.15, -0.1) is 0 Å². The Morgan fingerprint density at radius 2 is 2.10 bits per heavy atom. The zero-order chi connectivity index (χ0) is 14.4. The molecule has 1 N–H and O–H groups in total. The van der Waals surface area contributed by atoms with E-state index < -0.39 is 0 Å². The van der Waals surface area contributed by atoms with E-state index in [-0.39, 0.29) is 6.04 Å². The molecule has 4 heteroatoms. The van der Waals surface area contributed by atoms with Gasteiger partial charge < -0.3 is 10.1 Å². The number of nitrogens with zero attached hydrogens (tertiary/aromatic N) is 1. The van der Waals surface area contributed by atoms with Gasteiger partial charge in [0, 0.05) is 11.2 Å². The molecule has 0 saturated carbocycles. The van der Waals surface area contributed by atoms with E-state index >= 15 is 0 Å². The summed E-state index contributed by atoms with van der Waals surface area (Å²) in [5.41, 5.74) is 2.10. The first kappa shape index (κ1) is 14.8. The zero-order valence-electron chi connectivity index (χ0n) is 11.8. The molecule has 106 valence electrons. The van der Waals surface area contributed by atoms with Gasteiger partial charge in [-0.2, -0.15) is 0 Å². The molecule has 0 radical (unpaired) electrons. The molecule has 1 heterocycles. The second-order valence-electron chi connectivity index (χ2n) is 4.57. The first-order valence-electron chi connectivity index (χ1n) is 6.73. The third-order valence-electron chi connectivity index (χ3n) is 3.12. The number of rotatable bonds is 6. The molecule has 2 aromatic rings. The molecule has 1 unspecified atom stereocenters. The van der Waals surface area contributed by atoms with E-state index in [0.717, 1.165) is 34.9 Å². The Bertz CT molecular complexity index is 560. The van der Waals surface area contributed by atoms with Crippen LogP contribution in [0.3, 0.4) is 0 Å². The Hall–Kier alpha value is -1.58. The highest BCUT2D eigenvalue weighted by molar-refractivity contribution is 6.31.